The maximum atomic E-state index is 13.6. The van der Waals surface area contributed by atoms with Crippen molar-refractivity contribution in [3.05, 3.63) is 63.6 Å². The van der Waals surface area contributed by atoms with E-state index in [4.69, 9.17) is 28.9 Å². The van der Waals surface area contributed by atoms with Gasteiger partial charge in [-0.3, -0.25) is 4.98 Å². The summed E-state index contributed by atoms with van der Waals surface area (Å²) in [6.07, 6.45) is 1.48. The van der Waals surface area contributed by atoms with E-state index >= 15 is 0 Å². The van der Waals surface area contributed by atoms with Gasteiger partial charge in [0.25, 0.3) is 0 Å². The number of aromatic nitrogens is 1. The highest BCUT2D eigenvalue weighted by Crippen LogP contribution is 2.23. The van der Waals surface area contributed by atoms with E-state index in [9.17, 15) is 4.39 Å². The zero-order valence-electron chi connectivity index (χ0n) is 8.70. The van der Waals surface area contributed by atoms with E-state index in [1.165, 1.54) is 12.3 Å². The maximum absolute atomic E-state index is 13.6. The Labute approximate surface area is 108 Å². The van der Waals surface area contributed by atoms with Crippen LogP contribution in [-0.4, -0.2) is 4.98 Å². The molecule has 1 atom stereocenters. The highest BCUT2D eigenvalue weighted by molar-refractivity contribution is 6.30. The van der Waals surface area contributed by atoms with Crippen molar-refractivity contribution in [2.24, 2.45) is 5.73 Å². The van der Waals surface area contributed by atoms with Gasteiger partial charge in [-0.15, -0.1) is 0 Å². The average Bonchev–Trinajstić information content (AvgIpc) is 2.29. The van der Waals surface area contributed by atoms with Gasteiger partial charge in [-0.25, -0.2) is 4.39 Å². The molecule has 5 heteroatoms. The van der Waals surface area contributed by atoms with Crippen LogP contribution in [0.3, 0.4) is 0 Å². The molecule has 1 heterocycles. The topological polar surface area (TPSA) is 38.9 Å². The minimum absolute atomic E-state index is 0.336. The van der Waals surface area contributed by atoms with Crippen LogP contribution in [0.15, 0.2) is 36.5 Å². The van der Waals surface area contributed by atoms with Gasteiger partial charge in [0, 0.05) is 16.8 Å². The molecule has 2 nitrogen and oxygen atoms in total. The standard InChI is InChI=1S/C12H9Cl2FN2/c13-7-1-3-9(10(15)5-7)12(16)11-4-2-8(14)6-17-11/h1-6,12H,16H2. The zero-order chi connectivity index (χ0) is 12.4. The average molecular weight is 271 g/mol. The third-order valence-corrected chi connectivity index (χ3v) is 2.83. The van der Waals surface area contributed by atoms with Crippen LogP contribution in [0.5, 0.6) is 0 Å². The van der Waals surface area contributed by atoms with E-state index in [1.807, 2.05) is 0 Å². The van der Waals surface area contributed by atoms with E-state index < -0.39 is 11.9 Å². The summed E-state index contributed by atoms with van der Waals surface area (Å²) in [5.74, 6) is -0.443. The van der Waals surface area contributed by atoms with Crippen LogP contribution in [0, 0.1) is 5.82 Å². The Morgan fingerprint density at radius 2 is 1.82 bits per heavy atom. The minimum atomic E-state index is -0.635. The van der Waals surface area contributed by atoms with E-state index in [0.717, 1.165) is 0 Å². The monoisotopic (exact) mass is 270 g/mol. The summed E-state index contributed by atoms with van der Waals surface area (Å²) < 4.78 is 13.6. The Morgan fingerprint density at radius 1 is 1.12 bits per heavy atom. The first kappa shape index (κ1) is 12.3. The summed E-state index contributed by atoms with van der Waals surface area (Å²) in [4.78, 5) is 4.06. The van der Waals surface area contributed by atoms with Gasteiger partial charge in [-0.1, -0.05) is 29.3 Å². The van der Waals surface area contributed by atoms with Crippen LogP contribution in [0.25, 0.3) is 0 Å². The molecule has 0 bridgehead atoms. The molecule has 0 saturated carbocycles. The van der Waals surface area contributed by atoms with Crippen molar-refractivity contribution < 1.29 is 4.39 Å². The second-order valence-corrected chi connectivity index (χ2v) is 4.42. The van der Waals surface area contributed by atoms with Crippen LogP contribution in [-0.2, 0) is 0 Å². The van der Waals surface area contributed by atoms with Crippen LogP contribution < -0.4 is 5.73 Å². The number of rotatable bonds is 2. The van der Waals surface area contributed by atoms with Gasteiger partial charge in [0.05, 0.1) is 16.8 Å². The molecule has 1 unspecified atom stereocenters. The van der Waals surface area contributed by atoms with Crippen LogP contribution in [0.2, 0.25) is 10.0 Å². The molecule has 0 aliphatic carbocycles. The van der Waals surface area contributed by atoms with E-state index in [2.05, 4.69) is 4.98 Å². The van der Waals surface area contributed by atoms with Crippen molar-refractivity contribution in [1.29, 1.82) is 0 Å². The first-order chi connectivity index (χ1) is 8.08. The van der Waals surface area contributed by atoms with Gasteiger partial charge >= 0.3 is 0 Å². The molecular formula is C12H9Cl2FN2. The van der Waals surface area contributed by atoms with E-state index in [0.29, 0.717) is 21.3 Å². The molecule has 0 radical (unpaired) electrons. The summed E-state index contributed by atoms with van der Waals surface area (Å²) in [5.41, 5.74) is 6.83. The third kappa shape index (κ3) is 2.75. The van der Waals surface area contributed by atoms with Crippen LogP contribution in [0.4, 0.5) is 4.39 Å². The minimum Gasteiger partial charge on any atom is -0.319 e. The largest absolute Gasteiger partial charge is 0.319 e. The van der Waals surface area contributed by atoms with Gasteiger partial charge in [0.1, 0.15) is 5.82 Å². The highest BCUT2D eigenvalue weighted by Gasteiger charge is 2.14. The quantitative estimate of drug-likeness (QED) is 0.906. The number of hydrogen-bond donors (Lipinski definition) is 1. The van der Waals surface area contributed by atoms with Crippen molar-refractivity contribution in [3.63, 3.8) is 0 Å². The molecule has 2 rings (SSSR count). The predicted octanol–water partition coefficient (Wildman–Crippen LogP) is 3.58. The normalized spacial score (nSPS) is 12.5. The van der Waals surface area contributed by atoms with Gasteiger partial charge in [0.2, 0.25) is 0 Å². The fourth-order valence-corrected chi connectivity index (χ4v) is 1.75. The van der Waals surface area contributed by atoms with Crippen molar-refractivity contribution in [1.82, 2.24) is 4.98 Å². The molecular weight excluding hydrogens is 262 g/mol. The fraction of sp³-hybridized carbons (Fsp3) is 0.0833. The fourth-order valence-electron chi connectivity index (χ4n) is 1.48. The molecule has 2 N–H and O–H groups in total. The van der Waals surface area contributed by atoms with Gasteiger partial charge in [-0.2, -0.15) is 0 Å². The summed E-state index contributed by atoms with van der Waals surface area (Å²) in [6, 6.07) is 7.07. The van der Waals surface area contributed by atoms with Crippen molar-refractivity contribution in [2.75, 3.05) is 0 Å². The summed E-state index contributed by atoms with van der Waals surface area (Å²) in [5, 5.41) is 0.847. The number of hydrogen-bond acceptors (Lipinski definition) is 2. The molecule has 1 aromatic carbocycles. The van der Waals surface area contributed by atoms with Crippen molar-refractivity contribution >= 4 is 23.2 Å². The molecule has 0 amide bonds. The second-order valence-electron chi connectivity index (χ2n) is 3.54. The summed E-state index contributed by atoms with van der Waals surface area (Å²) in [7, 11) is 0. The number of halogens is 3. The number of nitrogens with zero attached hydrogens (tertiary/aromatic N) is 1. The Morgan fingerprint density at radius 3 is 2.41 bits per heavy atom. The molecule has 0 spiro atoms. The Bertz CT molecular complexity index is 529. The Kier molecular flexibility index (Phi) is 3.62. The zero-order valence-corrected chi connectivity index (χ0v) is 10.2. The molecule has 2 aromatic rings. The van der Waals surface area contributed by atoms with Gasteiger partial charge < -0.3 is 5.73 Å². The van der Waals surface area contributed by atoms with E-state index in [-0.39, 0.29) is 0 Å². The maximum Gasteiger partial charge on any atom is 0.129 e. The first-order valence-corrected chi connectivity index (χ1v) is 5.65. The lowest BCUT2D eigenvalue weighted by atomic mass is 10.0. The van der Waals surface area contributed by atoms with Crippen LogP contribution >= 0.6 is 23.2 Å². The SMILES string of the molecule is NC(c1ccc(Cl)cn1)c1ccc(Cl)cc1F. The van der Waals surface area contributed by atoms with Crippen molar-refractivity contribution in [3.8, 4) is 0 Å². The second kappa shape index (κ2) is 5.00. The lowest BCUT2D eigenvalue weighted by molar-refractivity contribution is 0.597. The highest BCUT2D eigenvalue weighted by atomic mass is 35.5. The summed E-state index contributed by atoms with van der Waals surface area (Å²) in [6.45, 7) is 0. The van der Waals surface area contributed by atoms with Crippen molar-refractivity contribution in [2.45, 2.75) is 6.04 Å². The molecule has 88 valence electrons. The number of benzene rings is 1. The lowest BCUT2D eigenvalue weighted by Gasteiger charge is -2.12. The lowest BCUT2D eigenvalue weighted by Crippen LogP contribution is -2.14. The van der Waals surface area contributed by atoms with E-state index in [1.54, 1.807) is 24.3 Å². The molecule has 0 saturated heterocycles. The van der Waals surface area contributed by atoms with Crippen LogP contribution in [0.1, 0.15) is 17.3 Å². The first-order valence-electron chi connectivity index (χ1n) is 4.90. The summed E-state index contributed by atoms with van der Waals surface area (Å²) >= 11 is 11.4. The number of nitrogens with two attached hydrogens (primary N) is 1. The molecule has 17 heavy (non-hydrogen) atoms. The third-order valence-electron chi connectivity index (χ3n) is 2.37. The molecule has 0 aliphatic heterocycles. The molecule has 1 aromatic heterocycles. The molecule has 0 aliphatic rings. The molecule has 0 fully saturated rings. The predicted molar refractivity (Wildman–Crippen MR) is 66.7 cm³/mol. The smallest absolute Gasteiger partial charge is 0.129 e. The number of pyridine rings is 1. The Hall–Kier alpha value is -1.16. The van der Waals surface area contributed by atoms with Gasteiger partial charge in [0.15, 0.2) is 0 Å². The Balaban J connectivity index is 2.36. The van der Waals surface area contributed by atoms with Gasteiger partial charge in [-0.05, 0) is 24.3 Å².